The number of halogens is 1. The Morgan fingerprint density at radius 3 is 2.59 bits per heavy atom. The third kappa shape index (κ3) is 3.52. The van der Waals surface area contributed by atoms with Crippen LogP contribution < -0.4 is 0 Å². The first-order valence-corrected chi connectivity index (χ1v) is 10.8. The first-order chi connectivity index (χ1) is 14.1. The lowest BCUT2D eigenvalue weighted by atomic mass is 10.1. The van der Waals surface area contributed by atoms with Gasteiger partial charge >= 0.3 is 0 Å². The molecule has 2 aliphatic heterocycles. The number of carbonyl (C=O) groups excluding carboxylic acids is 2. The van der Waals surface area contributed by atoms with Gasteiger partial charge in [0.05, 0.1) is 0 Å². The van der Waals surface area contributed by atoms with Crippen LogP contribution in [0, 0.1) is 0 Å². The molecule has 9 heteroatoms. The Labute approximate surface area is 176 Å². The third-order valence-corrected chi connectivity index (χ3v) is 6.57. The molecule has 0 N–H and O–H groups in total. The molecule has 2 amide bonds. The van der Waals surface area contributed by atoms with Gasteiger partial charge < -0.3 is 14.2 Å². The summed E-state index contributed by atoms with van der Waals surface area (Å²) in [5.74, 6) is 0.265. The van der Waals surface area contributed by atoms with Gasteiger partial charge in [-0.05, 0) is 24.3 Å². The molecule has 0 aliphatic carbocycles. The number of piperazine rings is 1. The molecule has 2 fully saturated rings. The molecule has 0 bridgehead atoms. The molecule has 7 nitrogen and oxygen atoms in total. The quantitative estimate of drug-likeness (QED) is 0.639. The normalized spacial score (nSPS) is 18.2. The van der Waals surface area contributed by atoms with E-state index in [-0.39, 0.29) is 11.8 Å². The Balaban J connectivity index is 1.15. The fourth-order valence-corrected chi connectivity index (χ4v) is 4.66. The maximum absolute atomic E-state index is 12.8. The number of aromatic nitrogens is 1. The Morgan fingerprint density at radius 1 is 1.07 bits per heavy atom. The van der Waals surface area contributed by atoms with Crippen molar-refractivity contribution in [3.8, 4) is 0 Å². The van der Waals surface area contributed by atoms with E-state index < -0.39 is 0 Å². The molecule has 29 heavy (non-hydrogen) atoms. The Morgan fingerprint density at radius 2 is 1.86 bits per heavy atom. The minimum atomic E-state index is -0.0915. The van der Waals surface area contributed by atoms with Crippen LogP contribution in [0.5, 0.6) is 0 Å². The van der Waals surface area contributed by atoms with E-state index in [1.54, 1.807) is 30.5 Å². The van der Waals surface area contributed by atoms with Crippen LogP contribution in [0.4, 0.5) is 0 Å². The number of carbonyl (C=O) groups is 2. The molecular formula is C20H19ClN4O3S. The van der Waals surface area contributed by atoms with Crippen LogP contribution in [0.1, 0.15) is 20.4 Å². The molecule has 2 aromatic heterocycles. The summed E-state index contributed by atoms with van der Waals surface area (Å²) < 4.78 is 5.71. The van der Waals surface area contributed by atoms with Gasteiger partial charge in [-0.3, -0.25) is 14.5 Å². The Hall–Kier alpha value is -2.42. The van der Waals surface area contributed by atoms with E-state index in [4.69, 9.17) is 16.0 Å². The smallest absolute Gasteiger partial charge is 0.289 e. The van der Waals surface area contributed by atoms with Gasteiger partial charge in [0, 0.05) is 67.3 Å². The number of furan rings is 1. The lowest BCUT2D eigenvalue weighted by molar-refractivity contribution is 0.00797. The second-order valence-electron chi connectivity index (χ2n) is 7.32. The van der Waals surface area contributed by atoms with E-state index in [1.165, 1.54) is 11.3 Å². The van der Waals surface area contributed by atoms with E-state index in [0.717, 1.165) is 31.6 Å². The summed E-state index contributed by atoms with van der Waals surface area (Å²) in [5.41, 5.74) is 0.663. The van der Waals surface area contributed by atoms with E-state index in [9.17, 15) is 9.59 Å². The second kappa shape index (κ2) is 7.44. The number of amides is 2. The van der Waals surface area contributed by atoms with E-state index in [0.29, 0.717) is 40.5 Å². The SMILES string of the molecule is O=C(c1cc2cc(Cl)ccc2o1)N1CCN(C2CN(C(=O)c3nccs3)C2)CC1. The lowest BCUT2D eigenvalue weighted by Crippen LogP contribution is -2.64. The number of benzene rings is 1. The molecule has 0 unspecified atom stereocenters. The lowest BCUT2D eigenvalue weighted by Gasteiger charge is -2.47. The maximum atomic E-state index is 12.8. The molecule has 0 atom stereocenters. The standard InChI is InChI=1S/C20H19ClN4O3S/c21-14-1-2-16-13(9-14)10-17(28-16)19(26)24-6-4-23(5-7-24)15-11-25(12-15)20(27)18-22-3-8-29-18/h1-3,8-10,15H,4-7,11-12H2. The first-order valence-electron chi connectivity index (χ1n) is 9.50. The summed E-state index contributed by atoms with van der Waals surface area (Å²) in [6.07, 6.45) is 1.65. The topological polar surface area (TPSA) is 69.9 Å². The average molecular weight is 431 g/mol. The van der Waals surface area contributed by atoms with Crippen molar-refractivity contribution in [2.75, 3.05) is 39.3 Å². The first kappa shape index (κ1) is 18.6. The van der Waals surface area contributed by atoms with Crippen molar-refractivity contribution in [1.29, 1.82) is 0 Å². The highest BCUT2D eigenvalue weighted by Crippen LogP contribution is 2.25. The summed E-state index contributed by atoms with van der Waals surface area (Å²) >= 11 is 7.38. The van der Waals surface area contributed by atoms with Gasteiger partial charge in [0.2, 0.25) is 0 Å². The highest BCUT2D eigenvalue weighted by atomic mass is 35.5. The van der Waals surface area contributed by atoms with Crippen LogP contribution in [-0.4, -0.2) is 76.8 Å². The number of likely N-dealkylation sites (tertiary alicyclic amines) is 1. The highest BCUT2D eigenvalue weighted by Gasteiger charge is 2.37. The molecule has 0 radical (unpaired) electrons. The van der Waals surface area contributed by atoms with Gasteiger partial charge in [-0.25, -0.2) is 4.98 Å². The van der Waals surface area contributed by atoms with Crippen LogP contribution in [0.2, 0.25) is 5.02 Å². The number of rotatable bonds is 3. The number of hydrogen-bond donors (Lipinski definition) is 0. The van der Waals surface area contributed by atoms with Crippen LogP contribution in [0.15, 0.2) is 40.3 Å². The molecule has 1 aromatic carbocycles. The zero-order chi connectivity index (χ0) is 20.0. The molecule has 2 saturated heterocycles. The molecule has 2 aliphatic rings. The fraction of sp³-hybridized carbons (Fsp3) is 0.350. The summed E-state index contributed by atoms with van der Waals surface area (Å²) in [7, 11) is 0. The highest BCUT2D eigenvalue weighted by molar-refractivity contribution is 7.11. The molecule has 5 rings (SSSR count). The predicted octanol–water partition coefficient (Wildman–Crippen LogP) is 2.83. The van der Waals surface area contributed by atoms with Crippen LogP contribution in [0.25, 0.3) is 11.0 Å². The van der Waals surface area contributed by atoms with Gasteiger partial charge in [-0.1, -0.05) is 11.6 Å². The van der Waals surface area contributed by atoms with Crippen LogP contribution in [-0.2, 0) is 0 Å². The van der Waals surface area contributed by atoms with E-state index in [1.807, 2.05) is 15.2 Å². The van der Waals surface area contributed by atoms with Gasteiger partial charge in [0.1, 0.15) is 5.58 Å². The zero-order valence-corrected chi connectivity index (χ0v) is 17.2. The average Bonchev–Trinajstić information content (AvgIpc) is 3.36. The number of nitrogens with zero attached hydrogens (tertiary/aromatic N) is 4. The second-order valence-corrected chi connectivity index (χ2v) is 8.65. The molecule has 0 spiro atoms. The summed E-state index contributed by atoms with van der Waals surface area (Å²) in [6, 6.07) is 7.43. The van der Waals surface area contributed by atoms with Crippen molar-refractivity contribution in [2.45, 2.75) is 6.04 Å². The van der Waals surface area contributed by atoms with Crippen molar-refractivity contribution in [3.63, 3.8) is 0 Å². The van der Waals surface area contributed by atoms with Gasteiger partial charge in [-0.15, -0.1) is 11.3 Å². The Bertz CT molecular complexity index is 1050. The summed E-state index contributed by atoms with van der Waals surface area (Å²) in [6.45, 7) is 4.32. The molecule has 4 heterocycles. The van der Waals surface area contributed by atoms with Gasteiger partial charge in [0.25, 0.3) is 11.8 Å². The molecular weight excluding hydrogens is 412 g/mol. The van der Waals surface area contributed by atoms with E-state index in [2.05, 4.69) is 9.88 Å². The van der Waals surface area contributed by atoms with Gasteiger partial charge in [-0.2, -0.15) is 0 Å². The van der Waals surface area contributed by atoms with Crippen LogP contribution >= 0.6 is 22.9 Å². The van der Waals surface area contributed by atoms with Gasteiger partial charge in [0.15, 0.2) is 10.8 Å². The maximum Gasteiger partial charge on any atom is 0.289 e. The fourth-order valence-electron chi connectivity index (χ4n) is 3.88. The molecule has 150 valence electrons. The largest absolute Gasteiger partial charge is 0.451 e. The van der Waals surface area contributed by atoms with Crippen LogP contribution in [0.3, 0.4) is 0 Å². The number of fused-ring (bicyclic) bond motifs is 1. The monoisotopic (exact) mass is 430 g/mol. The summed E-state index contributed by atoms with van der Waals surface area (Å²) in [4.78, 5) is 35.2. The van der Waals surface area contributed by atoms with Crippen molar-refractivity contribution in [2.24, 2.45) is 0 Å². The van der Waals surface area contributed by atoms with Crippen molar-refractivity contribution >= 4 is 45.7 Å². The third-order valence-electron chi connectivity index (χ3n) is 5.57. The van der Waals surface area contributed by atoms with Crippen molar-refractivity contribution in [1.82, 2.24) is 19.7 Å². The molecule has 0 saturated carbocycles. The minimum absolute atomic E-state index is 0.00931. The van der Waals surface area contributed by atoms with E-state index >= 15 is 0 Å². The Kier molecular flexibility index (Phi) is 4.77. The molecule has 3 aromatic rings. The number of thiazole rings is 1. The zero-order valence-electron chi connectivity index (χ0n) is 15.6. The number of hydrogen-bond acceptors (Lipinski definition) is 6. The summed E-state index contributed by atoms with van der Waals surface area (Å²) in [5, 5.41) is 3.82. The minimum Gasteiger partial charge on any atom is -0.451 e. The van der Waals surface area contributed by atoms with Crippen molar-refractivity contribution < 1.29 is 14.0 Å². The van der Waals surface area contributed by atoms with Crippen molar-refractivity contribution in [3.05, 3.63) is 51.6 Å². The predicted molar refractivity (Wildman–Crippen MR) is 111 cm³/mol.